The van der Waals surface area contributed by atoms with Gasteiger partial charge in [-0.2, -0.15) is 4.52 Å². The quantitative estimate of drug-likeness (QED) is 0.837. The van der Waals surface area contributed by atoms with Crippen molar-refractivity contribution in [3.8, 4) is 0 Å². The Bertz CT molecular complexity index is 771. The Hall–Kier alpha value is -1.47. The van der Waals surface area contributed by atoms with Gasteiger partial charge in [0, 0.05) is 44.5 Å². The van der Waals surface area contributed by atoms with E-state index in [2.05, 4.69) is 19.9 Å². The summed E-state index contributed by atoms with van der Waals surface area (Å²) >= 11 is 1.53. The lowest BCUT2D eigenvalue weighted by Gasteiger charge is -2.36. The lowest BCUT2D eigenvalue weighted by Crippen LogP contribution is -2.48. The third kappa shape index (κ3) is 3.72. The van der Waals surface area contributed by atoms with Crippen LogP contribution in [0.25, 0.3) is 4.96 Å². The van der Waals surface area contributed by atoms with Crippen molar-refractivity contribution in [2.45, 2.75) is 45.4 Å². The van der Waals surface area contributed by atoms with Crippen molar-refractivity contribution in [1.82, 2.24) is 19.5 Å². The highest BCUT2D eigenvalue weighted by Gasteiger charge is 2.23. The van der Waals surface area contributed by atoms with E-state index in [9.17, 15) is 4.79 Å². The number of piperazine rings is 1. The van der Waals surface area contributed by atoms with Crippen LogP contribution in [-0.4, -0.2) is 52.2 Å². The highest BCUT2D eigenvalue weighted by atomic mass is 32.1. The summed E-state index contributed by atoms with van der Waals surface area (Å²) in [6.45, 7) is 7.44. The largest absolute Gasteiger partial charge is 0.344 e. The third-order valence-electron chi connectivity index (χ3n) is 5.53. The molecule has 4 rings (SSSR count). The average molecular weight is 362 g/mol. The fraction of sp³-hybridized carbons (Fsp3) is 0.722. The van der Waals surface area contributed by atoms with Crippen molar-refractivity contribution in [3.63, 3.8) is 0 Å². The maximum atomic E-state index is 12.2. The predicted molar refractivity (Wildman–Crippen MR) is 102 cm³/mol. The molecule has 1 aliphatic carbocycles. The molecule has 0 bridgehead atoms. The number of aromatic nitrogens is 3. The van der Waals surface area contributed by atoms with Gasteiger partial charge in [0.15, 0.2) is 0 Å². The maximum Gasteiger partial charge on any atom is 0.275 e. The highest BCUT2D eigenvalue weighted by Crippen LogP contribution is 2.26. The van der Waals surface area contributed by atoms with Crippen molar-refractivity contribution >= 4 is 21.4 Å². The summed E-state index contributed by atoms with van der Waals surface area (Å²) in [6.07, 6.45) is 7.85. The first-order chi connectivity index (χ1) is 12.2. The summed E-state index contributed by atoms with van der Waals surface area (Å²) in [5.41, 5.74) is 0.776. The van der Waals surface area contributed by atoms with Crippen molar-refractivity contribution in [2.75, 3.05) is 37.6 Å². The molecule has 0 amide bonds. The van der Waals surface area contributed by atoms with Crippen LogP contribution in [-0.2, 0) is 6.42 Å². The number of aryl methyl sites for hydroxylation is 1. The molecule has 1 saturated heterocycles. The molecule has 0 aromatic carbocycles. The normalized spacial score (nSPS) is 20.4. The van der Waals surface area contributed by atoms with E-state index in [0.717, 1.165) is 49.3 Å². The summed E-state index contributed by atoms with van der Waals surface area (Å²) in [7, 11) is 0. The Kier molecular flexibility index (Phi) is 5.03. The van der Waals surface area contributed by atoms with E-state index < -0.39 is 0 Å². The van der Waals surface area contributed by atoms with Gasteiger partial charge in [0.2, 0.25) is 10.1 Å². The molecule has 0 radical (unpaired) electrons. The van der Waals surface area contributed by atoms with Crippen LogP contribution < -0.4 is 10.5 Å². The zero-order valence-electron chi connectivity index (χ0n) is 15.0. The average Bonchev–Trinajstić information content (AvgIpc) is 3.08. The minimum Gasteiger partial charge on any atom is -0.344 e. The predicted octanol–water partition coefficient (Wildman–Crippen LogP) is 2.42. The lowest BCUT2D eigenvalue weighted by molar-refractivity contribution is 0.192. The van der Waals surface area contributed by atoms with Crippen LogP contribution in [0.2, 0.25) is 0 Å². The summed E-state index contributed by atoms with van der Waals surface area (Å²) in [6, 6.07) is 1.60. The van der Waals surface area contributed by atoms with Crippen LogP contribution in [0.1, 0.15) is 44.7 Å². The second-order valence-corrected chi connectivity index (χ2v) is 8.24. The Balaban J connectivity index is 1.41. The molecule has 6 nitrogen and oxygen atoms in total. The fourth-order valence-electron chi connectivity index (χ4n) is 4.01. The number of fused-ring (bicyclic) bond motifs is 1. The van der Waals surface area contributed by atoms with Gasteiger partial charge < -0.3 is 4.90 Å². The number of hydrogen-bond acceptors (Lipinski definition) is 6. The zero-order valence-corrected chi connectivity index (χ0v) is 15.8. The molecular formula is C18H27N5OS. The minimum absolute atomic E-state index is 0.0692. The molecule has 1 saturated carbocycles. The monoisotopic (exact) mass is 361 g/mol. The molecule has 7 heteroatoms. The number of hydrogen-bond donors (Lipinski definition) is 0. The van der Waals surface area contributed by atoms with E-state index >= 15 is 0 Å². The van der Waals surface area contributed by atoms with E-state index in [0.29, 0.717) is 4.96 Å². The highest BCUT2D eigenvalue weighted by molar-refractivity contribution is 7.20. The van der Waals surface area contributed by atoms with Gasteiger partial charge in [-0.3, -0.25) is 9.69 Å². The second-order valence-electron chi connectivity index (χ2n) is 7.31. The maximum absolute atomic E-state index is 12.2. The van der Waals surface area contributed by atoms with Gasteiger partial charge in [0.05, 0.1) is 0 Å². The Labute approximate surface area is 152 Å². The first kappa shape index (κ1) is 17.0. The van der Waals surface area contributed by atoms with Gasteiger partial charge in [-0.15, -0.1) is 5.10 Å². The van der Waals surface area contributed by atoms with E-state index in [1.165, 1.54) is 54.5 Å². The lowest BCUT2D eigenvalue weighted by atomic mass is 9.89. The summed E-state index contributed by atoms with van der Waals surface area (Å²) < 4.78 is 1.45. The molecule has 0 N–H and O–H groups in total. The Morgan fingerprint density at radius 1 is 1.16 bits per heavy atom. The number of nitrogens with zero attached hydrogens (tertiary/aromatic N) is 5. The summed E-state index contributed by atoms with van der Waals surface area (Å²) in [4.78, 5) is 22.3. The van der Waals surface area contributed by atoms with Gasteiger partial charge in [-0.05, 0) is 25.2 Å². The van der Waals surface area contributed by atoms with Crippen LogP contribution >= 0.6 is 11.3 Å². The summed E-state index contributed by atoms with van der Waals surface area (Å²) in [5.74, 6) is 0.901. The van der Waals surface area contributed by atoms with E-state index in [-0.39, 0.29) is 5.56 Å². The van der Waals surface area contributed by atoms with Crippen molar-refractivity contribution < 1.29 is 0 Å². The van der Waals surface area contributed by atoms with Gasteiger partial charge in [0.25, 0.3) is 5.56 Å². The van der Waals surface area contributed by atoms with Crippen LogP contribution in [0.15, 0.2) is 10.9 Å². The van der Waals surface area contributed by atoms with Crippen molar-refractivity contribution in [3.05, 3.63) is 22.1 Å². The molecule has 0 atom stereocenters. The van der Waals surface area contributed by atoms with Crippen molar-refractivity contribution in [1.29, 1.82) is 0 Å². The molecule has 1 aliphatic heterocycles. The SMILES string of the molecule is CCc1cc(=O)n2nc(N3CCN(CC4CCCCC4)CC3)sc2n1. The van der Waals surface area contributed by atoms with Crippen molar-refractivity contribution in [2.24, 2.45) is 5.92 Å². The topological polar surface area (TPSA) is 53.7 Å². The molecule has 2 fully saturated rings. The van der Waals surface area contributed by atoms with Gasteiger partial charge in [0.1, 0.15) is 0 Å². The molecule has 136 valence electrons. The molecule has 3 heterocycles. The van der Waals surface area contributed by atoms with Crippen LogP contribution in [0.3, 0.4) is 0 Å². The van der Waals surface area contributed by atoms with Gasteiger partial charge in [-0.1, -0.05) is 37.5 Å². The zero-order chi connectivity index (χ0) is 17.2. The molecule has 2 aromatic heterocycles. The fourth-order valence-corrected chi connectivity index (χ4v) is 4.99. The van der Waals surface area contributed by atoms with E-state index in [1.54, 1.807) is 6.07 Å². The molecule has 0 unspecified atom stereocenters. The van der Waals surface area contributed by atoms with Gasteiger partial charge >= 0.3 is 0 Å². The summed E-state index contributed by atoms with van der Waals surface area (Å²) in [5, 5.41) is 5.45. The molecular weight excluding hydrogens is 334 g/mol. The second kappa shape index (κ2) is 7.41. The van der Waals surface area contributed by atoms with E-state index in [1.807, 2.05) is 6.92 Å². The molecule has 25 heavy (non-hydrogen) atoms. The van der Waals surface area contributed by atoms with Gasteiger partial charge in [-0.25, -0.2) is 4.98 Å². The number of rotatable bonds is 4. The first-order valence-electron chi connectivity index (χ1n) is 9.60. The Morgan fingerprint density at radius 3 is 2.64 bits per heavy atom. The smallest absolute Gasteiger partial charge is 0.275 e. The van der Waals surface area contributed by atoms with Crippen LogP contribution in [0, 0.1) is 5.92 Å². The third-order valence-corrected chi connectivity index (χ3v) is 6.50. The standard InChI is InChI=1S/C18H27N5OS/c1-2-15-12-16(24)23-17(19-15)25-18(20-23)22-10-8-21(9-11-22)13-14-6-4-3-5-7-14/h12,14H,2-11,13H2,1H3. The van der Waals surface area contributed by atoms with Crippen LogP contribution in [0.5, 0.6) is 0 Å². The first-order valence-corrected chi connectivity index (χ1v) is 10.4. The molecule has 2 aromatic rings. The number of anilines is 1. The van der Waals surface area contributed by atoms with E-state index in [4.69, 9.17) is 0 Å². The Morgan fingerprint density at radius 2 is 1.92 bits per heavy atom. The molecule has 0 spiro atoms. The molecule has 2 aliphatic rings. The minimum atomic E-state index is -0.0692. The van der Waals surface area contributed by atoms with Crippen LogP contribution in [0.4, 0.5) is 5.13 Å².